The number of carbonyl (C=O) groups is 3. The molecule has 0 spiro atoms. The van der Waals surface area contributed by atoms with E-state index >= 15 is 0 Å². The molecule has 50 heavy (non-hydrogen) atoms. The van der Waals surface area contributed by atoms with E-state index in [2.05, 4.69) is 41.8 Å². The quantitative estimate of drug-likeness (QED) is 0.297. The Balaban J connectivity index is 0.758. The third-order valence-corrected chi connectivity index (χ3v) is 12.5. The number of nitrogens with zero attached hydrogens (tertiary/aromatic N) is 8. The summed E-state index contributed by atoms with van der Waals surface area (Å²) in [4.78, 5) is 65.8. The van der Waals surface area contributed by atoms with Crippen LogP contribution in [-0.4, -0.2) is 153 Å². The summed E-state index contributed by atoms with van der Waals surface area (Å²) >= 11 is 2.91. The molecule has 1 N–H and O–H groups in total. The van der Waals surface area contributed by atoms with Gasteiger partial charge in [-0.05, 0) is 25.0 Å². The van der Waals surface area contributed by atoms with E-state index in [4.69, 9.17) is 0 Å². The lowest BCUT2D eigenvalue weighted by Crippen LogP contribution is -2.64. The third-order valence-electron chi connectivity index (χ3n) is 10.8. The van der Waals surface area contributed by atoms with E-state index in [0.717, 1.165) is 91.9 Å². The molecule has 4 aliphatic rings. The van der Waals surface area contributed by atoms with Crippen LogP contribution in [-0.2, 0) is 6.54 Å². The first-order chi connectivity index (χ1) is 24.3. The number of aromatic nitrogens is 3. The first kappa shape index (κ1) is 33.2. The van der Waals surface area contributed by atoms with E-state index in [1.165, 1.54) is 22.7 Å². The minimum atomic E-state index is 0.0191. The van der Waals surface area contributed by atoms with Crippen molar-refractivity contribution in [3.8, 4) is 11.3 Å². The van der Waals surface area contributed by atoms with Gasteiger partial charge in [0.25, 0.3) is 17.7 Å². The van der Waals surface area contributed by atoms with Crippen molar-refractivity contribution in [3.63, 3.8) is 0 Å². The van der Waals surface area contributed by atoms with Gasteiger partial charge in [0.15, 0.2) is 10.0 Å². The molecular weight excluding hydrogens is 671 g/mol. The number of benzene rings is 1. The Hall–Kier alpha value is -3.95. The number of thiazole rings is 2. The monoisotopic (exact) mass is 713 g/mol. The number of aromatic amines is 1. The molecule has 4 aliphatic heterocycles. The minimum absolute atomic E-state index is 0.0191. The molecule has 0 unspecified atom stereocenters. The van der Waals surface area contributed by atoms with Crippen molar-refractivity contribution in [1.82, 2.24) is 44.4 Å². The number of hydrogen-bond donors (Lipinski definition) is 1. The molecule has 8 rings (SSSR count). The van der Waals surface area contributed by atoms with Crippen LogP contribution in [0, 0.1) is 13.8 Å². The zero-order valence-electron chi connectivity index (χ0n) is 28.6. The standard InChI is InChI=1S/C36H43N9O3S2/c1-24-30(25(2)39-31(24)26-6-4-3-5-7-26)34(46)45-21-28(22-45)42-11-15-44(16-12-42)36(48)33-38-18-29(50-33)23-40-19-27(20-40)41-9-13-43(14-10-41)35(47)32-37-8-17-49-32/h3-8,17-18,27-28,39H,9-16,19-23H2,1-2H3. The van der Waals surface area contributed by atoms with Crippen LogP contribution in [0.4, 0.5) is 0 Å². The van der Waals surface area contributed by atoms with Gasteiger partial charge in [-0.25, -0.2) is 9.97 Å². The van der Waals surface area contributed by atoms with Crippen LogP contribution in [0.25, 0.3) is 11.3 Å². The fourth-order valence-corrected chi connectivity index (χ4v) is 9.28. The second-order valence-corrected chi connectivity index (χ2v) is 15.8. The van der Waals surface area contributed by atoms with E-state index in [0.29, 0.717) is 48.3 Å². The van der Waals surface area contributed by atoms with E-state index in [9.17, 15) is 14.4 Å². The zero-order chi connectivity index (χ0) is 34.4. The molecule has 7 heterocycles. The average Bonchev–Trinajstić information content (AvgIpc) is 3.87. The molecular formula is C36H43N9O3S2. The molecule has 262 valence electrons. The Bertz CT molecular complexity index is 1830. The predicted molar refractivity (Wildman–Crippen MR) is 194 cm³/mol. The van der Waals surface area contributed by atoms with Gasteiger partial charge in [0, 0.05) is 131 Å². The second kappa shape index (κ2) is 14.0. The summed E-state index contributed by atoms with van der Waals surface area (Å²) in [6.45, 7) is 14.5. The second-order valence-electron chi connectivity index (χ2n) is 13.8. The maximum absolute atomic E-state index is 13.5. The highest BCUT2D eigenvalue weighted by atomic mass is 32.1. The van der Waals surface area contributed by atoms with Gasteiger partial charge in [-0.3, -0.25) is 29.1 Å². The largest absolute Gasteiger partial charge is 0.358 e. The molecule has 0 saturated carbocycles. The Morgan fingerprint density at radius 2 is 1.38 bits per heavy atom. The molecule has 0 radical (unpaired) electrons. The zero-order valence-corrected chi connectivity index (χ0v) is 30.2. The van der Waals surface area contributed by atoms with Crippen molar-refractivity contribution in [1.29, 1.82) is 0 Å². The van der Waals surface area contributed by atoms with Gasteiger partial charge in [0.2, 0.25) is 0 Å². The number of likely N-dealkylation sites (tertiary alicyclic amines) is 2. The first-order valence-corrected chi connectivity index (χ1v) is 19.2. The van der Waals surface area contributed by atoms with Gasteiger partial charge >= 0.3 is 0 Å². The van der Waals surface area contributed by atoms with Crippen LogP contribution in [0.5, 0.6) is 0 Å². The number of aryl methyl sites for hydroxylation is 1. The fraction of sp³-hybridized carbons (Fsp3) is 0.472. The Morgan fingerprint density at radius 3 is 2.00 bits per heavy atom. The molecule has 0 bridgehead atoms. The Kier molecular flexibility index (Phi) is 9.29. The highest BCUT2D eigenvalue weighted by Crippen LogP contribution is 2.30. The Morgan fingerprint density at radius 1 is 0.760 bits per heavy atom. The molecule has 12 nitrogen and oxygen atoms in total. The van der Waals surface area contributed by atoms with E-state index in [-0.39, 0.29) is 17.7 Å². The highest BCUT2D eigenvalue weighted by molar-refractivity contribution is 7.13. The topological polar surface area (TPSA) is 112 Å². The molecule has 3 amide bonds. The van der Waals surface area contributed by atoms with Crippen molar-refractivity contribution >= 4 is 40.4 Å². The number of nitrogens with one attached hydrogen (secondary N) is 1. The molecule has 4 fully saturated rings. The number of hydrogen-bond acceptors (Lipinski definition) is 10. The van der Waals surface area contributed by atoms with Crippen LogP contribution < -0.4 is 0 Å². The molecule has 3 aromatic heterocycles. The van der Waals surface area contributed by atoms with Gasteiger partial charge in [0.05, 0.1) is 5.56 Å². The molecule has 0 aliphatic carbocycles. The molecule has 0 atom stereocenters. The highest BCUT2D eigenvalue weighted by Gasteiger charge is 2.39. The van der Waals surface area contributed by atoms with Gasteiger partial charge in [-0.1, -0.05) is 30.3 Å². The normalized spacial score (nSPS) is 19.8. The van der Waals surface area contributed by atoms with E-state index in [1.807, 2.05) is 58.3 Å². The summed E-state index contributed by atoms with van der Waals surface area (Å²) in [6.07, 6.45) is 3.55. The van der Waals surface area contributed by atoms with Crippen molar-refractivity contribution in [3.05, 3.63) is 79.8 Å². The summed E-state index contributed by atoms with van der Waals surface area (Å²) in [7, 11) is 0. The maximum Gasteiger partial charge on any atom is 0.282 e. The Labute approximate surface area is 300 Å². The van der Waals surface area contributed by atoms with Crippen molar-refractivity contribution < 1.29 is 14.4 Å². The third kappa shape index (κ3) is 6.50. The lowest BCUT2D eigenvalue weighted by Gasteiger charge is -2.48. The first-order valence-electron chi connectivity index (χ1n) is 17.5. The van der Waals surface area contributed by atoms with Crippen LogP contribution in [0.2, 0.25) is 0 Å². The molecule has 1 aromatic carbocycles. The molecule has 4 aromatic rings. The summed E-state index contributed by atoms with van der Waals surface area (Å²) in [5.41, 5.74) is 4.79. The number of piperazine rings is 2. The van der Waals surface area contributed by atoms with Crippen molar-refractivity contribution in [2.24, 2.45) is 0 Å². The molecule has 4 saturated heterocycles. The number of rotatable bonds is 8. The maximum atomic E-state index is 13.5. The summed E-state index contributed by atoms with van der Waals surface area (Å²) < 4.78 is 0. The summed E-state index contributed by atoms with van der Waals surface area (Å²) in [6, 6.07) is 11.0. The number of carbonyl (C=O) groups excluding carboxylic acids is 3. The fourth-order valence-electron chi connectivity index (χ4n) is 7.76. The lowest BCUT2D eigenvalue weighted by atomic mass is 10.0. The van der Waals surface area contributed by atoms with E-state index < -0.39 is 0 Å². The smallest absolute Gasteiger partial charge is 0.282 e. The minimum Gasteiger partial charge on any atom is -0.358 e. The summed E-state index contributed by atoms with van der Waals surface area (Å²) in [5, 5.41) is 2.99. The van der Waals surface area contributed by atoms with Crippen LogP contribution in [0.3, 0.4) is 0 Å². The lowest BCUT2D eigenvalue weighted by molar-refractivity contribution is 0.00297. The number of H-pyrrole nitrogens is 1. The van der Waals surface area contributed by atoms with Gasteiger partial charge < -0.3 is 19.7 Å². The van der Waals surface area contributed by atoms with Gasteiger partial charge in [0.1, 0.15) is 0 Å². The van der Waals surface area contributed by atoms with Gasteiger partial charge in [-0.2, -0.15) is 0 Å². The van der Waals surface area contributed by atoms with Crippen LogP contribution in [0.1, 0.15) is 46.1 Å². The van der Waals surface area contributed by atoms with Crippen LogP contribution >= 0.6 is 22.7 Å². The SMILES string of the molecule is Cc1[nH]c(-c2ccccc2)c(C)c1C(=O)N1CC(N2CCN(C(=O)c3ncc(CN4CC(N5CCN(C(=O)c6nccs6)CC5)C4)s3)CC2)C1. The van der Waals surface area contributed by atoms with Crippen molar-refractivity contribution in [2.75, 3.05) is 78.5 Å². The average molecular weight is 714 g/mol. The summed E-state index contributed by atoms with van der Waals surface area (Å²) in [5.74, 6) is 0.156. The number of amides is 3. The predicted octanol–water partition coefficient (Wildman–Crippen LogP) is 3.14. The van der Waals surface area contributed by atoms with Crippen LogP contribution in [0.15, 0.2) is 48.1 Å². The molecule has 14 heteroatoms. The van der Waals surface area contributed by atoms with E-state index in [1.54, 1.807) is 6.20 Å². The van der Waals surface area contributed by atoms with Crippen molar-refractivity contribution in [2.45, 2.75) is 32.5 Å². The van der Waals surface area contributed by atoms with Gasteiger partial charge in [-0.15, -0.1) is 22.7 Å².